The SMILES string of the molecule is Cn1nc(C(=O)NCc2cccc(C3NNCC3c3ccncc3)c2)cc1C(F)(F)F. The number of carbonyl (C=O) groups excluding carboxylic acids is 1. The van der Waals surface area contributed by atoms with Gasteiger partial charge in [0.1, 0.15) is 5.69 Å². The number of nitrogens with one attached hydrogen (secondary N) is 3. The number of amides is 1. The lowest BCUT2D eigenvalue weighted by molar-refractivity contribution is -0.143. The zero-order valence-corrected chi connectivity index (χ0v) is 16.6. The number of hydrogen-bond acceptors (Lipinski definition) is 5. The van der Waals surface area contributed by atoms with Crippen molar-refractivity contribution in [2.45, 2.75) is 24.7 Å². The zero-order valence-electron chi connectivity index (χ0n) is 16.6. The van der Waals surface area contributed by atoms with E-state index in [-0.39, 0.29) is 24.2 Å². The molecular weight excluding hydrogens is 409 g/mol. The van der Waals surface area contributed by atoms with Gasteiger partial charge < -0.3 is 5.32 Å². The molecule has 3 heterocycles. The van der Waals surface area contributed by atoms with Crippen LogP contribution in [0.1, 0.15) is 44.8 Å². The second-order valence-electron chi connectivity index (χ2n) is 7.35. The molecule has 0 radical (unpaired) electrons. The third-order valence-electron chi connectivity index (χ3n) is 5.28. The molecule has 31 heavy (non-hydrogen) atoms. The quantitative estimate of drug-likeness (QED) is 0.580. The van der Waals surface area contributed by atoms with Crippen LogP contribution in [-0.2, 0) is 19.8 Å². The molecule has 2 aromatic heterocycles. The summed E-state index contributed by atoms with van der Waals surface area (Å²) in [5.74, 6) is -0.450. The number of aryl methyl sites for hydroxylation is 1. The van der Waals surface area contributed by atoms with Crippen LogP contribution < -0.4 is 16.2 Å². The van der Waals surface area contributed by atoms with Crippen LogP contribution in [-0.4, -0.2) is 27.2 Å². The fourth-order valence-electron chi connectivity index (χ4n) is 3.75. The molecule has 1 amide bonds. The Morgan fingerprint density at radius 3 is 2.68 bits per heavy atom. The molecular formula is C21H21F3N6O. The Balaban J connectivity index is 1.45. The predicted molar refractivity (Wildman–Crippen MR) is 107 cm³/mol. The third kappa shape index (κ3) is 4.59. The highest BCUT2D eigenvalue weighted by Gasteiger charge is 2.35. The fraction of sp³-hybridized carbons (Fsp3) is 0.286. The molecule has 3 aromatic rings. The van der Waals surface area contributed by atoms with Crippen molar-refractivity contribution < 1.29 is 18.0 Å². The van der Waals surface area contributed by atoms with Crippen LogP contribution >= 0.6 is 0 Å². The highest BCUT2D eigenvalue weighted by molar-refractivity contribution is 5.92. The van der Waals surface area contributed by atoms with E-state index >= 15 is 0 Å². The molecule has 10 heteroatoms. The molecule has 0 spiro atoms. The van der Waals surface area contributed by atoms with E-state index in [0.29, 0.717) is 4.68 Å². The number of rotatable bonds is 5. The van der Waals surface area contributed by atoms with Crippen molar-refractivity contribution in [2.24, 2.45) is 7.05 Å². The van der Waals surface area contributed by atoms with Crippen LogP contribution in [0.5, 0.6) is 0 Å². The van der Waals surface area contributed by atoms with Gasteiger partial charge >= 0.3 is 6.18 Å². The van der Waals surface area contributed by atoms with Crippen LogP contribution in [0.3, 0.4) is 0 Å². The molecule has 1 aliphatic heterocycles. The van der Waals surface area contributed by atoms with Crippen LogP contribution in [0.2, 0.25) is 0 Å². The largest absolute Gasteiger partial charge is 0.433 e. The number of carbonyl (C=O) groups is 1. The molecule has 1 aromatic carbocycles. The van der Waals surface area contributed by atoms with E-state index in [1.807, 2.05) is 36.4 Å². The summed E-state index contributed by atoms with van der Waals surface area (Å²) in [5, 5.41) is 6.32. The van der Waals surface area contributed by atoms with E-state index in [4.69, 9.17) is 0 Å². The van der Waals surface area contributed by atoms with E-state index < -0.39 is 17.8 Å². The minimum atomic E-state index is -4.57. The molecule has 1 fully saturated rings. The Hall–Kier alpha value is -3.24. The first-order valence-electron chi connectivity index (χ1n) is 9.69. The van der Waals surface area contributed by atoms with Gasteiger partial charge in [-0.25, -0.2) is 5.43 Å². The van der Waals surface area contributed by atoms with Gasteiger partial charge in [0.15, 0.2) is 5.69 Å². The van der Waals surface area contributed by atoms with Crippen molar-refractivity contribution in [1.82, 2.24) is 30.9 Å². The van der Waals surface area contributed by atoms with Crippen LogP contribution in [0, 0.1) is 0 Å². The van der Waals surface area contributed by atoms with Crippen molar-refractivity contribution in [1.29, 1.82) is 0 Å². The first-order valence-corrected chi connectivity index (χ1v) is 9.69. The number of aromatic nitrogens is 3. The summed E-state index contributed by atoms with van der Waals surface area (Å²) in [5.41, 5.74) is 8.26. The standard InChI is InChI=1S/C21H21F3N6O/c1-30-18(21(22,23)24)10-17(29-30)20(31)26-11-13-3-2-4-15(9-13)19-16(12-27-28-19)14-5-7-25-8-6-14/h2-10,16,19,27-28H,11-12H2,1H3,(H,26,31). The smallest absolute Gasteiger partial charge is 0.347 e. The summed E-state index contributed by atoms with van der Waals surface area (Å²) in [6, 6.07) is 12.5. The van der Waals surface area contributed by atoms with Gasteiger partial charge in [0.05, 0.1) is 6.04 Å². The summed E-state index contributed by atoms with van der Waals surface area (Å²) in [7, 11) is 1.16. The summed E-state index contributed by atoms with van der Waals surface area (Å²) in [6.07, 6.45) is -1.04. The molecule has 3 N–H and O–H groups in total. The fourth-order valence-corrected chi connectivity index (χ4v) is 3.75. The molecule has 4 rings (SSSR count). The Labute approximate surface area is 176 Å². The molecule has 2 atom stereocenters. The number of pyridine rings is 1. The number of hydrazine groups is 1. The maximum absolute atomic E-state index is 12.9. The number of hydrogen-bond donors (Lipinski definition) is 3. The molecule has 0 saturated carbocycles. The van der Waals surface area contributed by atoms with E-state index in [0.717, 1.165) is 36.3 Å². The van der Waals surface area contributed by atoms with Gasteiger partial charge in [-0.3, -0.25) is 19.9 Å². The van der Waals surface area contributed by atoms with Gasteiger partial charge in [0, 0.05) is 44.5 Å². The third-order valence-corrected chi connectivity index (χ3v) is 5.28. The summed E-state index contributed by atoms with van der Waals surface area (Å²) < 4.78 is 39.4. The Morgan fingerprint density at radius 1 is 1.19 bits per heavy atom. The predicted octanol–water partition coefficient (Wildman–Crippen LogP) is 2.70. The first-order chi connectivity index (χ1) is 14.8. The van der Waals surface area contributed by atoms with E-state index in [9.17, 15) is 18.0 Å². The summed E-state index contributed by atoms with van der Waals surface area (Å²) >= 11 is 0. The first kappa shape index (κ1) is 21.0. The molecule has 1 saturated heterocycles. The van der Waals surface area contributed by atoms with Crippen molar-refractivity contribution in [2.75, 3.05) is 6.54 Å². The van der Waals surface area contributed by atoms with Gasteiger partial charge in [-0.1, -0.05) is 24.3 Å². The van der Waals surface area contributed by atoms with E-state index in [1.165, 1.54) is 0 Å². The number of alkyl halides is 3. The summed E-state index contributed by atoms with van der Waals surface area (Å²) in [4.78, 5) is 16.4. The topological polar surface area (TPSA) is 83.9 Å². The molecule has 0 bridgehead atoms. The number of nitrogens with zero attached hydrogens (tertiary/aromatic N) is 3. The highest BCUT2D eigenvalue weighted by atomic mass is 19.4. The minimum absolute atomic E-state index is 0.0307. The monoisotopic (exact) mass is 430 g/mol. The molecule has 1 aliphatic rings. The normalized spacial score (nSPS) is 18.8. The lowest BCUT2D eigenvalue weighted by Gasteiger charge is -2.20. The lowest BCUT2D eigenvalue weighted by Crippen LogP contribution is -2.25. The van der Waals surface area contributed by atoms with Crippen LogP contribution in [0.15, 0.2) is 54.9 Å². The van der Waals surface area contributed by atoms with Gasteiger partial charge in [-0.2, -0.15) is 18.3 Å². The van der Waals surface area contributed by atoms with E-state index in [1.54, 1.807) is 12.4 Å². The molecule has 2 unspecified atom stereocenters. The van der Waals surface area contributed by atoms with Gasteiger partial charge in [-0.15, -0.1) is 0 Å². The van der Waals surface area contributed by atoms with Crippen molar-refractivity contribution in [3.05, 3.63) is 82.9 Å². The van der Waals surface area contributed by atoms with Gasteiger partial charge in [0.25, 0.3) is 5.91 Å². The van der Waals surface area contributed by atoms with Crippen LogP contribution in [0.25, 0.3) is 0 Å². The van der Waals surface area contributed by atoms with Crippen molar-refractivity contribution in [3.8, 4) is 0 Å². The number of halogens is 3. The lowest BCUT2D eigenvalue weighted by atomic mass is 9.88. The molecule has 7 nitrogen and oxygen atoms in total. The van der Waals surface area contributed by atoms with Crippen molar-refractivity contribution >= 4 is 5.91 Å². The molecule has 0 aliphatic carbocycles. The maximum atomic E-state index is 12.9. The van der Waals surface area contributed by atoms with E-state index in [2.05, 4.69) is 26.3 Å². The summed E-state index contributed by atoms with van der Waals surface area (Å²) in [6.45, 7) is 0.932. The number of benzene rings is 1. The Kier molecular flexibility index (Phi) is 5.75. The maximum Gasteiger partial charge on any atom is 0.433 e. The average molecular weight is 430 g/mol. The highest BCUT2D eigenvalue weighted by Crippen LogP contribution is 2.33. The Bertz CT molecular complexity index is 1070. The van der Waals surface area contributed by atoms with Gasteiger partial charge in [0.2, 0.25) is 0 Å². The average Bonchev–Trinajstić information content (AvgIpc) is 3.40. The van der Waals surface area contributed by atoms with Gasteiger partial charge in [-0.05, 0) is 28.8 Å². The second-order valence-corrected chi connectivity index (χ2v) is 7.35. The Morgan fingerprint density at radius 2 is 1.97 bits per heavy atom. The minimum Gasteiger partial charge on any atom is -0.347 e. The zero-order chi connectivity index (χ0) is 22.0. The van der Waals surface area contributed by atoms with Crippen molar-refractivity contribution in [3.63, 3.8) is 0 Å². The second kappa shape index (κ2) is 8.48. The van der Waals surface area contributed by atoms with Crippen LogP contribution in [0.4, 0.5) is 13.2 Å². The molecule has 162 valence electrons.